The van der Waals surface area contributed by atoms with Gasteiger partial charge in [0.25, 0.3) is 0 Å². The van der Waals surface area contributed by atoms with E-state index in [0.717, 1.165) is 43.5 Å². The number of piperazine rings is 3. The largest absolute Gasteiger partial charge is 0.490 e. The molecule has 0 saturated carbocycles. The molecule has 2 N–H and O–H groups in total. The van der Waals surface area contributed by atoms with Crippen molar-refractivity contribution >= 4 is 5.96 Å². The molecule has 0 aliphatic carbocycles. The Morgan fingerprint density at radius 1 is 1.07 bits per heavy atom. The average Bonchev–Trinajstić information content (AvgIpc) is 2.73. The summed E-state index contributed by atoms with van der Waals surface area (Å²) in [5.74, 6) is 2.50. The van der Waals surface area contributed by atoms with Crippen LogP contribution in [0.4, 0.5) is 0 Å². The van der Waals surface area contributed by atoms with Crippen LogP contribution >= 0.6 is 0 Å². The normalized spacial score (nSPS) is 24.1. The first-order valence-electron chi connectivity index (χ1n) is 10.5. The zero-order valence-electron chi connectivity index (χ0n) is 17.5. The molecule has 4 rings (SSSR count). The number of nitrogens with zero attached hydrogens (tertiary/aromatic N) is 3. The average molecular weight is 390 g/mol. The standard InChI is InChI=1S/C21H35N5O2/c1-4-27-19-7-6-17(14-20(19)28-5-2)8-9-23-21(22-3)24-15-18-16-25-10-12-26(18)13-11-25/h6-7,14,18H,4-5,8-13,15-16H2,1-3H3,(H2,22,23,24). The molecule has 3 heterocycles. The van der Waals surface area contributed by atoms with Crippen LogP contribution in [-0.2, 0) is 6.42 Å². The van der Waals surface area contributed by atoms with E-state index in [2.05, 4.69) is 37.6 Å². The van der Waals surface area contributed by atoms with Gasteiger partial charge in [-0.3, -0.25) is 14.8 Å². The fraction of sp³-hybridized carbons (Fsp3) is 0.667. The van der Waals surface area contributed by atoms with E-state index in [0.29, 0.717) is 19.3 Å². The Balaban J connectivity index is 1.44. The van der Waals surface area contributed by atoms with Crippen molar-refractivity contribution < 1.29 is 9.47 Å². The number of nitrogens with one attached hydrogen (secondary N) is 2. The van der Waals surface area contributed by atoms with Crippen LogP contribution in [0.25, 0.3) is 0 Å². The highest BCUT2D eigenvalue weighted by Gasteiger charge is 2.31. The van der Waals surface area contributed by atoms with E-state index in [4.69, 9.17) is 9.47 Å². The molecule has 1 atom stereocenters. The van der Waals surface area contributed by atoms with Gasteiger partial charge < -0.3 is 20.1 Å². The van der Waals surface area contributed by atoms with Crippen LogP contribution in [-0.4, -0.2) is 87.9 Å². The number of benzene rings is 1. The molecule has 3 aliphatic heterocycles. The fourth-order valence-corrected chi connectivity index (χ4v) is 3.93. The van der Waals surface area contributed by atoms with Crippen molar-refractivity contribution in [1.82, 2.24) is 20.4 Å². The Morgan fingerprint density at radius 2 is 1.82 bits per heavy atom. The van der Waals surface area contributed by atoms with Crippen molar-refractivity contribution in [2.24, 2.45) is 4.99 Å². The summed E-state index contributed by atoms with van der Waals surface area (Å²) in [6.45, 7) is 13.0. The zero-order valence-corrected chi connectivity index (χ0v) is 17.5. The molecule has 156 valence electrons. The topological polar surface area (TPSA) is 61.4 Å². The van der Waals surface area contributed by atoms with Gasteiger partial charge in [-0.2, -0.15) is 0 Å². The third kappa shape index (κ3) is 5.52. The van der Waals surface area contributed by atoms with Crippen LogP contribution in [0.1, 0.15) is 19.4 Å². The SMILES string of the molecule is CCOc1ccc(CCNC(=NC)NCC2CN3CCN2CC3)cc1OCC. The van der Waals surface area contributed by atoms with Crippen LogP contribution in [0.5, 0.6) is 11.5 Å². The molecular formula is C21H35N5O2. The molecule has 3 fully saturated rings. The molecule has 3 saturated heterocycles. The van der Waals surface area contributed by atoms with E-state index in [1.165, 1.54) is 31.7 Å². The van der Waals surface area contributed by atoms with Gasteiger partial charge in [-0.15, -0.1) is 0 Å². The Labute approximate surface area is 169 Å². The predicted molar refractivity (Wildman–Crippen MR) is 114 cm³/mol. The highest BCUT2D eigenvalue weighted by Crippen LogP contribution is 2.28. The minimum absolute atomic E-state index is 0.584. The van der Waals surface area contributed by atoms with E-state index in [1.807, 2.05) is 27.0 Å². The van der Waals surface area contributed by atoms with Crippen molar-refractivity contribution in [2.45, 2.75) is 26.3 Å². The minimum Gasteiger partial charge on any atom is -0.490 e. The van der Waals surface area contributed by atoms with E-state index in [-0.39, 0.29) is 0 Å². The molecule has 0 spiro atoms. The van der Waals surface area contributed by atoms with Gasteiger partial charge in [0.1, 0.15) is 0 Å². The molecular weight excluding hydrogens is 354 g/mol. The van der Waals surface area contributed by atoms with Crippen molar-refractivity contribution in [3.05, 3.63) is 23.8 Å². The highest BCUT2D eigenvalue weighted by molar-refractivity contribution is 5.79. The number of hydrogen-bond acceptors (Lipinski definition) is 5. The smallest absolute Gasteiger partial charge is 0.191 e. The van der Waals surface area contributed by atoms with Crippen LogP contribution in [0.2, 0.25) is 0 Å². The maximum atomic E-state index is 5.72. The number of rotatable bonds is 9. The summed E-state index contributed by atoms with van der Waals surface area (Å²) in [5.41, 5.74) is 1.22. The summed E-state index contributed by atoms with van der Waals surface area (Å²) in [4.78, 5) is 9.52. The Morgan fingerprint density at radius 3 is 2.46 bits per heavy atom. The van der Waals surface area contributed by atoms with Gasteiger partial charge in [-0.1, -0.05) is 6.07 Å². The molecule has 0 aromatic heterocycles. The lowest BCUT2D eigenvalue weighted by Gasteiger charge is -2.47. The molecule has 2 bridgehead atoms. The van der Waals surface area contributed by atoms with Gasteiger partial charge in [0.15, 0.2) is 17.5 Å². The molecule has 7 nitrogen and oxygen atoms in total. The monoisotopic (exact) mass is 389 g/mol. The van der Waals surface area contributed by atoms with Gasteiger partial charge in [-0.25, -0.2) is 0 Å². The first kappa shape index (κ1) is 20.7. The highest BCUT2D eigenvalue weighted by atomic mass is 16.5. The Kier molecular flexibility index (Phi) is 7.80. The fourth-order valence-electron chi connectivity index (χ4n) is 3.93. The first-order chi connectivity index (χ1) is 13.7. The van der Waals surface area contributed by atoms with E-state index in [1.54, 1.807) is 0 Å². The van der Waals surface area contributed by atoms with Crippen molar-refractivity contribution in [3.63, 3.8) is 0 Å². The Bertz CT molecular complexity index is 644. The minimum atomic E-state index is 0.584. The quantitative estimate of drug-likeness (QED) is 0.489. The second-order valence-corrected chi connectivity index (χ2v) is 7.27. The molecule has 3 aliphatic rings. The zero-order chi connectivity index (χ0) is 19.8. The summed E-state index contributed by atoms with van der Waals surface area (Å²) >= 11 is 0. The summed E-state index contributed by atoms with van der Waals surface area (Å²) in [6.07, 6.45) is 0.899. The van der Waals surface area contributed by atoms with Crippen LogP contribution in [0.3, 0.4) is 0 Å². The van der Waals surface area contributed by atoms with Gasteiger partial charge in [0, 0.05) is 58.9 Å². The predicted octanol–water partition coefficient (Wildman–Crippen LogP) is 1.19. The van der Waals surface area contributed by atoms with Crippen molar-refractivity contribution in [3.8, 4) is 11.5 Å². The van der Waals surface area contributed by atoms with Gasteiger partial charge in [0.2, 0.25) is 0 Å². The molecule has 0 radical (unpaired) electrons. The lowest BCUT2D eigenvalue weighted by Crippen LogP contribution is -2.63. The lowest BCUT2D eigenvalue weighted by atomic mass is 10.1. The van der Waals surface area contributed by atoms with Gasteiger partial charge in [-0.05, 0) is 38.0 Å². The molecule has 1 aromatic rings. The number of hydrogen-bond donors (Lipinski definition) is 2. The maximum absolute atomic E-state index is 5.72. The third-order valence-electron chi connectivity index (χ3n) is 5.43. The second kappa shape index (κ2) is 10.5. The molecule has 0 amide bonds. The summed E-state index contributed by atoms with van der Waals surface area (Å²) in [6, 6.07) is 6.76. The summed E-state index contributed by atoms with van der Waals surface area (Å²) < 4.78 is 11.4. The molecule has 1 aromatic carbocycles. The van der Waals surface area contributed by atoms with Crippen LogP contribution in [0, 0.1) is 0 Å². The third-order valence-corrected chi connectivity index (χ3v) is 5.43. The van der Waals surface area contributed by atoms with E-state index in [9.17, 15) is 0 Å². The second-order valence-electron chi connectivity index (χ2n) is 7.27. The van der Waals surface area contributed by atoms with Crippen molar-refractivity contribution in [2.75, 3.05) is 66.1 Å². The van der Waals surface area contributed by atoms with Gasteiger partial charge >= 0.3 is 0 Å². The van der Waals surface area contributed by atoms with Crippen molar-refractivity contribution in [1.29, 1.82) is 0 Å². The van der Waals surface area contributed by atoms with E-state index < -0.39 is 0 Å². The Hall–Kier alpha value is -1.99. The van der Waals surface area contributed by atoms with Crippen LogP contribution < -0.4 is 20.1 Å². The first-order valence-corrected chi connectivity index (χ1v) is 10.5. The summed E-state index contributed by atoms with van der Waals surface area (Å²) in [7, 11) is 1.83. The number of aliphatic imine (C=N–C) groups is 1. The molecule has 7 heteroatoms. The molecule has 1 unspecified atom stereocenters. The summed E-state index contributed by atoms with van der Waals surface area (Å²) in [5, 5.41) is 6.92. The number of guanidine groups is 1. The van der Waals surface area contributed by atoms with Gasteiger partial charge in [0.05, 0.1) is 13.2 Å². The van der Waals surface area contributed by atoms with E-state index >= 15 is 0 Å². The number of ether oxygens (including phenoxy) is 2. The van der Waals surface area contributed by atoms with Crippen LogP contribution in [0.15, 0.2) is 23.2 Å². The molecule has 28 heavy (non-hydrogen) atoms. The number of fused-ring (bicyclic) bond motifs is 3. The maximum Gasteiger partial charge on any atom is 0.191 e. The lowest BCUT2D eigenvalue weighted by molar-refractivity contribution is 0.0154.